The molecular formula is C18H18FN3O2. The summed E-state index contributed by atoms with van der Waals surface area (Å²) in [6, 6.07) is 9.12. The maximum Gasteiger partial charge on any atom is 0.298 e. The Kier molecular flexibility index (Phi) is 3.80. The number of benzene rings is 1. The van der Waals surface area contributed by atoms with E-state index in [1.165, 1.54) is 6.07 Å². The van der Waals surface area contributed by atoms with Crippen LogP contribution >= 0.6 is 0 Å². The normalized spacial score (nSPS) is 15.8. The molecule has 3 heterocycles. The standard InChI is InChI=1S/C18H18FN3O2/c1-12-4-3-9-20-17(12)23-13-7-10-22(11-8-13)18-21-16-14(19)5-2-6-15(16)24-18/h2-6,9,13H,7-8,10-11H2,1H3. The number of piperidine rings is 1. The van der Waals surface area contributed by atoms with Crippen molar-refractivity contribution in [1.82, 2.24) is 9.97 Å². The summed E-state index contributed by atoms with van der Waals surface area (Å²) in [6.45, 7) is 3.50. The summed E-state index contributed by atoms with van der Waals surface area (Å²) in [6.07, 6.45) is 3.55. The Hall–Kier alpha value is -2.63. The molecular weight excluding hydrogens is 309 g/mol. The minimum absolute atomic E-state index is 0.121. The first-order valence-electron chi connectivity index (χ1n) is 8.09. The summed E-state index contributed by atoms with van der Waals surface area (Å²) in [4.78, 5) is 10.6. The van der Waals surface area contributed by atoms with Crippen molar-refractivity contribution in [1.29, 1.82) is 0 Å². The molecule has 4 rings (SSSR count). The molecule has 1 aliphatic heterocycles. The Balaban J connectivity index is 1.44. The fraction of sp³-hybridized carbons (Fsp3) is 0.333. The highest BCUT2D eigenvalue weighted by molar-refractivity contribution is 5.75. The van der Waals surface area contributed by atoms with Crippen LogP contribution in [0.3, 0.4) is 0 Å². The Morgan fingerprint density at radius 3 is 2.79 bits per heavy atom. The molecule has 2 aromatic heterocycles. The van der Waals surface area contributed by atoms with E-state index in [4.69, 9.17) is 9.15 Å². The number of hydrogen-bond donors (Lipinski definition) is 0. The number of hydrogen-bond acceptors (Lipinski definition) is 5. The number of aryl methyl sites for hydroxylation is 1. The number of pyridine rings is 1. The lowest BCUT2D eigenvalue weighted by Crippen LogP contribution is -2.38. The SMILES string of the molecule is Cc1cccnc1OC1CCN(c2nc3c(F)cccc3o2)CC1. The zero-order chi connectivity index (χ0) is 16.5. The maximum atomic E-state index is 13.7. The van der Waals surface area contributed by atoms with Crippen molar-refractivity contribution in [2.45, 2.75) is 25.9 Å². The summed E-state index contributed by atoms with van der Waals surface area (Å²) < 4.78 is 25.4. The van der Waals surface area contributed by atoms with Crippen LogP contribution < -0.4 is 9.64 Å². The largest absolute Gasteiger partial charge is 0.474 e. The fourth-order valence-corrected chi connectivity index (χ4v) is 2.96. The molecule has 0 aliphatic carbocycles. The van der Waals surface area contributed by atoms with Gasteiger partial charge in [-0.2, -0.15) is 4.98 Å². The summed E-state index contributed by atoms with van der Waals surface area (Å²) in [5, 5.41) is 0. The van der Waals surface area contributed by atoms with Crippen molar-refractivity contribution < 1.29 is 13.5 Å². The van der Waals surface area contributed by atoms with Crippen molar-refractivity contribution >= 4 is 17.1 Å². The van der Waals surface area contributed by atoms with E-state index in [2.05, 4.69) is 9.97 Å². The average Bonchev–Trinajstić information content (AvgIpc) is 3.03. The van der Waals surface area contributed by atoms with Gasteiger partial charge in [0.25, 0.3) is 6.01 Å². The molecule has 0 saturated carbocycles. The van der Waals surface area contributed by atoms with Crippen LogP contribution in [0.2, 0.25) is 0 Å². The molecule has 0 radical (unpaired) electrons. The van der Waals surface area contributed by atoms with Gasteiger partial charge in [0, 0.05) is 37.7 Å². The van der Waals surface area contributed by atoms with Gasteiger partial charge in [-0.25, -0.2) is 9.37 Å². The van der Waals surface area contributed by atoms with E-state index in [0.29, 0.717) is 17.5 Å². The minimum atomic E-state index is -0.355. The quantitative estimate of drug-likeness (QED) is 0.734. The lowest BCUT2D eigenvalue weighted by molar-refractivity contribution is 0.161. The van der Waals surface area contributed by atoms with Gasteiger partial charge in [-0.1, -0.05) is 12.1 Å². The zero-order valence-corrected chi connectivity index (χ0v) is 13.4. The van der Waals surface area contributed by atoms with E-state index in [0.717, 1.165) is 31.5 Å². The fourth-order valence-electron chi connectivity index (χ4n) is 2.96. The van der Waals surface area contributed by atoms with Crippen LogP contribution in [0.4, 0.5) is 10.4 Å². The Labute approximate surface area is 139 Å². The first kappa shape index (κ1) is 14.9. The number of halogens is 1. The molecule has 124 valence electrons. The predicted molar refractivity (Wildman–Crippen MR) is 88.8 cm³/mol. The van der Waals surface area contributed by atoms with Crippen molar-refractivity contribution in [3.05, 3.63) is 47.9 Å². The Morgan fingerprint density at radius 1 is 1.21 bits per heavy atom. The predicted octanol–water partition coefficient (Wildman–Crippen LogP) is 3.72. The summed E-state index contributed by atoms with van der Waals surface area (Å²) in [5.41, 5.74) is 1.80. The second kappa shape index (κ2) is 6.11. The highest BCUT2D eigenvalue weighted by Crippen LogP contribution is 2.27. The second-order valence-corrected chi connectivity index (χ2v) is 6.01. The van der Waals surface area contributed by atoms with Crippen LogP contribution in [-0.2, 0) is 0 Å². The number of fused-ring (bicyclic) bond motifs is 1. The molecule has 1 fully saturated rings. The molecule has 6 heteroatoms. The average molecular weight is 327 g/mol. The molecule has 1 aliphatic rings. The Morgan fingerprint density at radius 2 is 2.04 bits per heavy atom. The van der Waals surface area contributed by atoms with E-state index in [9.17, 15) is 4.39 Å². The number of para-hydroxylation sites is 1. The van der Waals surface area contributed by atoms with Gasteiger partial charge in [0.15, 0.2) is 11.4 Å². The third-order valence-electron chi connectivity index (χ3n) is 4.31. The molecule has 0 atom stereocenters. The van der Waals surface area contributed by atoms with Gasteiger partial charge in [-0.3, -0.25) is 0 Å². The van der Waals surface area contributed by atoms with Gasteiger partial charge in [-0.05, 0) is 25.1 Å². The van der Waals surface area contributed by atoms with Gasteiger partial charge in [0.05, 0.1) is 0 Å². The second-order valence-electron chi connectivity index (χ2n) is 6.01. The van der Waals surface area contributed by atoms with Crippen molar-refractivity contribution in [2.75, 3.05) is 18.0 Å². The maximum absolute atomic E-state index is 13.7. The molecule has 0 bridgehead atoms. The molecule has 3 aromatic rings. The molecule has 0 unspecified atom stereocenters. The van der Waals surface area contributed by atoms with Crippen molar-refractivity contribution in [3.63, 3.8) is 0 Å². The van der Waals surface area contributed by atoms with Gasteiger partial charge in [-0.15, -0.1) is 0 Å². The first-order chi connectivity index (χ1) is 11.7. The molecule has 1 saturated heterocycles. The number of nitrogens with zero attached hydrogens (tertiary/aromatic N) is 3. The van der Waals surface area contributed by atoms with Crippen LogP contribution in [0.15, 0.2) is 40.9 Å². The van der Waals surface area contributed by atoms with E-state index >= 15 is 0 Å². The third-order valence-corrected chi connectivity index (χ3v) is 4.31. The van der Waals surface area contributed by atoms with Gasteiger partial charge < -0.3 is 14.1 Å². The highest BCUT2D eigenvalue weighted by atomic mass is 19.1. The third kappa shape index (κ3) is 2.79. The number of rotatable bonds is 3. The molecule has 5 nitrogen and oxygen atoms in total. The summed E-state index contributed by atoms with van der Waals surface area (Å²) in [5.74, 6) is 0.339. The number of ether oxygens (including phenoxy) is 1. The smallest absolute Gasteiger partial charge is 0.298 e. The topological polar surface area (TPSA) is 51.4 Å². The number of aromatic nitrogens is 2. The Bertz CT molecular complexity index is 856. The summed E-state index contributed by atoms with van der Waals surface area (Å²) >= 11 is 0. The van der Waals surface area contributed by atoms with Crippen LogP contribution in [0.1, 0.15) is 18.4 Å². The number of oxazole rings is 1. The van der Waals surface area contributed by atoms with E-state index in [1.807, 2.05) is 24.0 Å². The van der Waals surface area contributed by atoms with Crippen molar-refractivity contribution in [3.8, 4) is 5.88 Å². The summed E-state index contributed by atoms with van der Waals surface area (Å²) in [7, 11) is 0. The minimum Gasteiger partial charge on any atom is -0.474 e. The van der Waals surface area contributed by atoms with Gasteiger partial charge in [0.2, 0.25) is 5.88 Å². The molecule has 24 heavy (non-hydrogen) atoms. The molecule has 0 N–H and O–H groups in total. The van der Waals surface area contributed by atoms with E-state index in [-0.39, 0.29) is 17.4 Å². The first-order valence-corrected chi connectivity index (χ1v) is 8.09. The lowest BCUT2D eigenvalue weighted by atomic mass is 10.1. The van der Waals surface area contributed by atoms with Crippen LogP contribution in [0, 0.1) is 12.7 Å². The van der Waals surface area contributed by atoms with E-state index in [1.54, 1.807) is 18.3 Å². The lowest BCUT2D eigenvalue weighted by Gasteiger charge is -2.31. The van der Waals surface area contributed by atoms with Gasteiger partial charge >= 0.3 is 0 Å². The van der Waals surface area contributed by atoms with E-state index < -0.39 is 0 Å². The molecule has 0 amide bonds. The van der Waals surface area contributed by atoms with Crippen molar-refractivity contribution in [2.24, 2.45) is 0 Å². The molecule has 1 aromatic carbocycles. The van der Waals surface area contributed by atoms with Crippen LogP contribution in [0.25, 0.3) is 11.1 Å². The highest BCUT2D eigenvalue weighted by Gasteiger charge is 2.25. The van der Waals surface area contributed by atoms with Gasteiger partial charge in [0.1, 0.15) is 11.6 Å². The van der Waals surface area contributed by atoms with Crippen LogP contribution in [-0.4, -0.2) is 29.2 Å². The monoisotopic (exact) mass is 327 g/mol. The number of anilines is 1. The van der Waals surface area contributed by atoms with Crippen LogP contribution in [0.5, 0.6) is 5.88 Å². The zero-order valence-electron chi connectivity index (χ0n) is 13.4. The molecule has 0 spiro atoms.